The summed E-state index contributed by atoms with van der Waals surface area (Å²) in [6.45, 7) is 0.0840. The van der Waals surface area contributed by atoms with E-state index < -0.39 is 27.7 Å². The molecule has 4 rings (SSSR count). The molecule has 2 amide bonds. The third kappa shape index (κ3) is 9.35. The van der Waals surface area contributed by atoms with Gasteiger partial charge in [0.2, 0.25) is 21.8 Å². The molecule has 0 spiro atoms. The summed E-state index contributed by atoms with van der Waals surface area (Å²) in [5.41, 5.74) is 1.75. The number of carbonyl (C=O) groups is 2. The van der Waals surface area contributed by atoms with E-state index in [9.17, 15) is 26.8 Å². The van der Waals surface area contributed by atoms with Crippen molar-refractivity contribution in [2.75, 3.05) is 17.1 Å². The maximum atomic E-state index is 13.9. The van der Waals surface area contributed by atoms with Crippen LogP contribution in [0, 0.1) is 11.6 Å². The van der Waals surface area contributed by atoms with Crippen LogP contribution in [0.3, 0.4) is 0 Å². The van der Waals surface area contributed by atoms with Crippen molar-refractivity contribution in [3.8, 4) is 0 Å². The van der Waals surface area contributed by atoms with E-state index in [1.165, 1.54) is 6.07 Å². The van der Waals surface area contributed by atoms with E-state index in [0.717, 1.165) is 65.9 Å². The van der Waals surface area contributed by atoms with Gasteiger partial charge in [-0.2, -0.15) is 0 Å². The lowest BCUT2D eigenvalue weighted by Crippen LogP contribution is -2.52. The Labute approximate surface area is 252 Å². The van der Waals surface area contributed by atoms with Gasteiger partial charge in [-0.15, -0.1) is 0 Å². The fourth-order valence-electron chi connectivity index (χ4n) is 5.52. The smallest absolute Gasteiger partial charge is 0.243 e. The summed E-state index contributed by atoms with van der Waals surface area (Å²) in [5, 5.41) is 3.20. The fourth-order valence-corrected chi connectivity index (χ4v) is 6.48. The van der Waals surface area contributed by atoms with E-state index >= 15 is 0 Å². The number of carbonyl (C=O) groups excluding carboxylic acids is 2. The molecule has 0 saturated heterocycles. The Balaban J connectivity index is 1.57. The number of benzene rings is 3. The molecule has 1 aliphatic carbocycles. The van der Waals surface area contributed by atoms with E-state index in [2.05, 4.69) is 5.32 Å². The van der Waals surface area contributed by atoms with E-state index in [1.807, 2.05) is 60.7 Å². The fraction of sp³-hybridized carbons (Fsp3) is 0.394. The molecule has 7 nitrogen and oxygen atoms in total. The molecule has 10 heteroatoms. The molecule has 0 aromatic heterocycles. The maximum absolute atomic E-state index is 13.9. The molecule has 0 bridgehead atoms. The molecule has 230 valence electrons. The van der Waals surface area contributed by atoms with Crippen molar-refractivity contribution in [1.82, 2.24) is 10.2 Å². The summed E-state index contributed by atoms with van der Waals surface area (Å²) in [4.78, 5) is 29.3. The Morgan fingerprint density at radius 3 is 2.12 bits per heavy atom. The van der Waals surface area contributed by atoms with Gasteiger partial charge in [0, 0.05) is 38.0 Å². The summed E-state index contributed by atoms with van der Waals surface area (Å²) in [6, 6.07) is 21.1. The van der Waals surface area contributed by atoms with Gasteiger partial charge in [0.15, 0.2) is 11.6 Å². The first-order chi connectivity index (χ1) is 20.6. The van der Waals surface area contributed by atoms with E-state index in [1.54, 1.807) is 4.90 Å². The molecule has 1 saturated carbocycles. The first kappa shape index (κ1) is 32.1. The third-order valence-electron chi connectivity index (χ3n) is 7.76. The van der Waals surface area contributed by atoms with Crippen LogP contribution >= 0.6 is 0 Å². The number of hydrogen-bond acceptors (Lipinski definition) is 4. The molecule has 1 N–H and O–H groups in total. The summed E-state index contributed by atoms with van der Waals surface area (Å²) in [6.07, 6.45) is 6.41. The monoisotopic (exact) mass is 611 g/mol. The SMILES string of the molecule is CS(=O)(=O)N(CCCC(=O)N(Cc1ccccc1)[C@@H](Cc1ccccc1)C(=O)NC1CCCCC1)c1ccc(F)c(F)c1. The van der Waals surface area contributed by atoms with Crippen LogP contribution in [-0.4, -0.2) is 50.0 Å². The highest BCUT2D eigenvalue weighted by atomic mass is 32.2. The van der Waals surface area contributed by atoms with Gasteiger partial charge in [0.05, 0.1) is 11.9 Å². The van der Waals surface area contributed by atoms with Gasteiger partial charge in [0.1, 0.15) is 6.04 Å². The molecule has 3 aromatic carbocycles. The number of sulfonamides is 1. The normalized spacial score (nSPS) is 14.6. The minimum absolute atomic E-state index is 0.0243. The van der Waals surface area contributed by atoms with Crippen LogP contribution in [-0.2, 0) is 32.6 Å². The van der Waals surface area contributed by atoms with Crippen molar-refractivity contribution in [2.45, 2.75) is 70.0 Å². The Hall–Kier alpha value is -3.79. The van der Waals surface area contributed by atoms with Gasteiger partial charge in [-0.25, -0.2) is 17.2 Å². The van der Waals surface area contributed by atoms with E-state index in [-0.39, 0.29) is 49.5 Å². The molecule has 1 atom stereocenters. The summed E-state index contributed by atoms with van der Waals surface area (Å²) in [7, 11) is -3.85. The molecule has 3 aromatic rings. The molecular formula is C33H39F2N3O4S. The quantitative estimate of drug-likeness (QED) is 0.273. The number of amides is 2. The van der Waals surface area contributed by atoms with Crippen LogP contribution in [0.5, 0.6) is 0 Å². The zero-order valence-corrected chi connectivity index (χ0v) is 25.2. The zero-order valence-electron chi connectivity index (χ0n) is 24.4. The van der Waals surface area contributed by atoms with Crippen molar-refractivity contribution in [3.05, 3.63) is 102 Å². The predicted molar refractivity (Wildman–Crippen MR) is 164 cm³/mol. The number of nitrogens with one attached hydrogen (secondary N) is 1. The zero-order chi connectivity index (χ0) is 30.8. The second-order valence-electron chi connectivity index (χ2n) is 11.1. The summed E-state index contributed by atoms with van der Waals surface area (Å²) < 4.78 is 53.4. The Morgan fingerprint density at radius 2 is 1.51 bits per heavy atom. The molecular weight excluding hydrogens is 572 g/mol. The first-order valence-electron chi connectivity index (χ1n) is 14.7. The third-order valence-corrected chi connectivity index (χ3v) is 8.96. The van der Waals surface area contributed by atoms with Crippen molar-refractivity contribution >= 4 is 27.5 Å². The predicted octanol–water partition coefficient (Wildman–Crippen LogP) is 5.60. The van der Waals surface area contributed by atoms with Crippen molar-refractivity contribution < 1.29 is 26.8 Å². The average molecular weight is 612 g/mol. The highest BCUT2D eigenvalue weighted by Gasteiger charge is 2.32. The summed E-state index contributed by atoms with van der Waals surface area (Å²) in [5.74, 6) is -2.76. The minimum Gasteiger partial charge on any atom is -0.352 e. The molecule has 1 fully saturated rings. The lowest BCUT2D eigenvalue weighted by Gasteiger charge is -2.34. The molecule has 0 unspecified atom stereocenters. The first-order valence-corrected chi connectivity index (χ1v) is 16.6. The Kier molecular flexibility index (Phi) is 11.3. The van der Waals surface area contributed by atoms with Crippen LogP contribution in [0.2, 0.25) is 0 Å². The summed E-state index contributed by atoms with van der Waals surface area (Å²) >= 11 is 0. The number of nitrogens with zero attached hydrogens (tertiary/aromatic N) is 2. The van der Waals surface area contributed by atoms with Crippen molar-refractivity contribution in [3.63, 3.8) is 0 Å². The van der Waals surface area contributed by atoms with Crippen LogP contribution < -0.4 is 9.62 Å². The molecule has 1 aliphatic rings. The van der Waals surface area contributed by atoms with E-state index in [4.69, 9.17) is 0 Å². The minimum atomic E-state index is -3.85. The Morgan fingerprint density at radius 1 is 0.884 bits per heavy atom. The number of halogens is 2. The molecule has 0 radical (unpaired) electrons. The number of anilines is 1. The van der Waals surface area contributed by atoms with Crippen molar-refractivity contribution in [1.29, 1.82) is 0 Å². The van der Waals surface area contributed by atoms with Gasteiger partial charge < -0.3 is 10.2 Å². The maximum Gasteiger partial charge on any atom is 0.243 e. The van der Waals surface area contributed by atoms with Crippen LogP contribution in [0.1, 0.15) is 56.1 Å². The standard InChI is InChI=1S/C33H39F2N3O4S/c1-43(41,42)38(28-19-20-29(34)30(35)23-28)21-11-18-32(39)37(24-26-14-7-3-8-15-26)31(22-25-12-5-2-6-13-25)33(40)36-27-16-9-4-10-17-27/h2-3,5-8,12-15,19-20,23,27,31H,4,9-11,16-18,21-22,24H2,1H3,(H,36,40)/t31-/m0/s1. The largest absolute Gasteiger partial charge is 0.352 e. The average Bonchev–Trinajstić information content (AvgIpc) is 2.99. The van der Waals surface area contributed by atoms with Crippen LogP contribution in [0.15, 0.2) is 78.9 Å². The van der Waals surface area contributed by atoms with Crippen LogP contribution in [0.25, 0.3) is 0 Å². The molecule has 0 heterocycles. The highest BCUT2D eigenvalue weighted by molar-refractivity contribution is 7.92. The molecule has 43 heavy (non-hydrogen) atoms. The lowest BCUT2D eigenvalue weighted by molar-refractivity contribution is -0.141. The Bertz CT molecular complexity index is 1470. The van der Waals surface area contributed by atoms with Gasteiger partial charge >= 0.3 is 0 Å². The lowest BCUT2D eigenvalue weighted by atomic mass is 9.94. The number of rotatable bonds is 13. The van der Waals surface area contributed by atoms with E-state index in [0.29, 0.717) is 6.42 Å². The van der Waals surface area contributed by atoms with Crippen molar-refractivity contribution in [2.24, 2.45) is 0 Å². The second kappa shape index (κ2) is 15.1. The number of hydrogen-bond donors (Lipinski definition) is 1. The van der Waals surface area contributed by atoms with Gasteiger partial charge in [-0.3, -0.25) is 13.9 Å². The topological polar surface area (TPSA) is 86.8 Å². The molecule has 0 aliphatic heterocycles. The van der Waals surface area contributed by atoms with Crippen LogP contribution in [0.4, 0.5) is 14.5 Å². The second-order valence-corrected chi connectivity index (χ2v) is 13.0. The van der Waals surface area contributed by atoms with Gasteiger partial charge in [-0.1, -0.05) is 79.9 Å². The highest BCUT2D eigenvalue weighted by Crippen LogP contribution is 2.23. The van der Waals surface area contributed by atoms with Gasteiger partial charge in [-0.05, 0) is 42.5 Å². The van der Waals surface area contributed by atoms with Gasteiger partial charge in [0.25, 0.3) is 0 Å².